The number of fused-ring (bicyclic) bond motifs is 1. The number of pyridine rings is 1. The molecule has 2 aromatic heterocycles. The lowest BCUT2D eigenvalue weighted by atomic mass is 9.89. The van der Waals surface area contributed by atoms with Gasteiger partial charge in [0.2, 0.25) is 0 Å². The number of thiazole rings is 1. The Hall–Kier alpha value is -3.56. The first-order valence-electron chi connectivity index (χ1n) is 12.8. The monoisotopic (exact) mass is 700 g/mol. The van der Waals surface area contributed by atoms with Crippen molar-refractivity contribution in [2.24, 2.45) is 5.92 Å². The Balaban J connectivity index is 0.000000413. The van der Waals surface area contributed by atoms with E-state index in [2.05, 4.69) is 44.2 Å². The molecule has 0 spiro atoms. The molecule has 21 heteroatoms. The summed E-state index contributed by atoms with van der Waals surface area (Å²) in [6.07, 6.45) is -11.9. The summed E-state index contributed by atoms with van der Waals surface area (Å²) >= 11 is 1.74. The number of piperidine rings is 1. The van der Waals surface area contributed by atoms with E-state index in [1.54, 1.807) is 11.3 Å². The lowest BCUT2D eigenvalue weighted by Crippen LogP contribution is -2.50. The number of hydrogen-bond acceptors (Lipinski definition) is 9. The fourth-order valence-electron chi connectivity index (χ4n) is 4.35. The van der Waals surface area contributed by atoms with Crippen molar-refractivity contribution in [2.45, 2.75) is 57.1 Å². The van der Waals surface area contributed by atoms with Gasteiger partial charge >= 0.3 is 36.4 Å². The zero-order chi connectivity index (χ0) is 35.5. The number of aryl methyl sites for hydroxylation is 1. The Morgan fingerprint density at radius 3 is 1.80 bits per heavy atom. The van der Waals surface area contributed by atoms with Gasteiger partial charge in [0.25, 0.3) is 0 Å². The number of likely N-dealkylation sites (tertiary alicyclic amines) is 2. The van der Waals surface area contributed by atoms with Crippen molar-refractivity contribution in [2.75, 3.05) is 26.7 Å². The molecular formula is C25H29F9N4O7S. The van der Waals surface area contributed by atoms with Gasteiger partial charge in [0.15, 0.2) is 0 Å². The summed E-state index contributed by atoms with van der Waals surface area (Å²) in [6.45, 7) is 7.23. The van der Waals surface area contributed by atoms with Crippen LogP contribution in [0.5, 0.6) is 0 Å². The molecule has 0 saturated carbocycles. The van der Waals surface area contributed by atoms with E-state index in [4.69, 9.17) is 34.4 Å². The number of halogens is 9. The second kappa shape index (κ2) is 17.4. The Morgan fingerprint density at radius 1 is 0.891 bits per heavy atom. The molecule has 2 aromatic rings. The number of carbonyl (C=O) groups is 3. The van der Waals surface area contributed by atoms with Crippen molar-refractivity contribution in [1.29, 1.82) is 0 Å². The maximum atomic E-state index is 10.6. The quantitative estimate of drug-likeness (QED) is 0.379. The van der Waals surface area contributed by atoms with Crippen molar-refractivity contribution < 1.29 is 74.0 Å². The van der Waals surface area contributed by atoms with Crippen molar-refractivity contribution in [3.8, 4) is 0 Å². The third kappa shape index (κ3) is 14.3. The zero-order valence-electron chi connectivity index (χ0n) is 23.9. The first-order chi connectivity index (χ1) is 21.1. The maximum absolute atomic E-state index is 10.6. The number of carboxylic acids is 3. The smallest absolute Gasteiger partial charge is 0.475 e. The number of aromatic nitrogens is 2. The summed E-state index contributed by atoms with van der Waals surface area (Å²) in [5, 5.41) is 24.7. The van der Waals surface area contributed by atoms with Gasteiger partial charge in [-0.15, -0.1) is 11.3 Å². The van der Waals surface area contributed by atoms with Crippen LogP contribution in [0.3, 0.4) is 0 Å². The third-order valence-electron chi connectivity index (χ3n) is 6.23. The normalized spacial score (nSPS) is 20.1. The molecule has 0 bridgehead atoms. The Labute approximate surface area is 259 Å². The van der Waals surface area contributed by atoms with Crippen molar-refractivity contribution in [3.63, 3.8) is 0 Å². The fourth-order valence-corrected chi connectivity index (χ4v) is 4.95. The molecule has 3 N–H and O–H groups in total. The van der Waals surface area contributed by atoms with E-state index in [1.807, 2.05) is 19.4 Å². The molecule has 2 saturated heterocycles. The van der Waals surface area contributed by atoms with E-state index >= 15 is 0 Å². The van der Waals surface area contributed by atoms with Crippen molar-refractivity contribution in [3.05, 3.63) is 46.2 Å². The molecule has 0 amide bonds. The first-order valence-corrected chi connectivity index (χ1v) is 13.6. The van der Waals surface area contributed by atoms with Gasteiger partial charge in [0.05, 0.1) is 22.5 Å². The largest absolute Gasteiger partial charge is 0.490 e. The minimum atomic E-state index is -5.08. The molecule has 2 fully saturated rings. The van der Waals surface area contributed by atoms with Gasteiger partial charge in [-0.25, -0.2) is 19.4 Å². The standard InChI is InChI=1S/C19H26N4OS.3C2HF3O2/c1-14-21-16(13-25-14)9-22-11-17-18(12-22)23(8-6-19(17)24-2)10-15-5-3-4-7-20-15;3*3-2(4,5)1(6)7/h3-5,7,13,17-19H,6,8-12H2,1-2H3;3*(H,6,7)/t17-,18+,19+;;;/m0.../s1. The van der Waals surface area contributed by atoms with Crippen LogP contribution < -0.4 is 0 Å². The van der Waals surface area contributed by atoms with Gasteiger partial charge in [-0.3, -0.25) is 14.8 Å². The fraction of sp³-hybridized carbons (Fsp3) is 0.560. The molecule has 0 unspecified atom stereocenters. The number of nitrogens with zero attached hydrogens (tertiary/aromatic N) is 4. The van der Waals surface area contributed by atoms with Gasteiger partial charge in [-0.05, 0) is 25.5 Å². The van der Waals surface area contributed by atoms with E-state index in [1.165, 1.54) is 5.69 Å². The summed E-state index contributed by atoms with van der Waals surface area (Å²) in [5.41, 5.74) is 2.36. The number of aliphatic carboxylic acids is 3. The summed E-state index contributed by atoms with van der Waals surface area (Å²) in [5.74, 6) is -7.70. The van der Waals surface area contributed by atoms with Gasteiger partial charge < -0.3 is 20.1 Å². The third-order valence-corrected chi connectivity index (χ3v) is 7.05. The summed E-state index contributed by atoms with van der Waals surface area (Å²) in [7, 11) is 1.86. The number of hydrogen-bond donors (Lipinski definition) is 3. The SMILES string of the molecule is CO[C@@H]1CCN(Cc2ccccn2)[C@@H]2CN(Cc3csc(C)n3)C[C@@H]21.O=C(O)C(F)(F)F.O=C(O)C(F)(F)F.O=C(O)C(F)(F)F. The van der Waals surface area contributed by atoms with Gasteiger partial charge in [0.1, 0.15) is 0 Å². The highest BCUT2D eigenvalue weighted by atomic mass is 32.1. The van der Waals surface area contributed by atoms with Crippen LogP contribution in [0, 0.1) is 12.8 Å². The second-order valence-corrected chi connectivity index (χ2v) is 10.6. The van der Waals surface area contributed by atoms with E-state index < -0.39 is 36.4 Å². The Bertz CT molecular complexity index is 1200. The van der Waals surface area contributed by atoms with Crippen molar-refractivity contribution >= 4 is 29.2 Å². The van der Waals surface area contributed by atoms with E-state index in [0.29, 0.717) is 18.1 Å². The minimum Gasteiger partial charge on any atom is -0.475 e. The van der Waals surface area contributed by atoms with Gasteiger partial charge in [-0.1, -0.05) is 6.07 Å². The van der Waals surface area contributed by atoms with Crippen LogP contribution in [-0.2, 0) is 32.2 Å². The van der Waals surface area contributed by atoms with Gasteiger partial charge in [0, 0.05) is 63.4 Å². The van der Waals surface area contributed by atoms with Crippen LogP contribution in [0.15, 0.2) is 29.8 Å². The topological polar surface area (TPSA) is 153 Å². The highest BCUT2D eigenvalue weighted by Gasteiger charge is 2.44. The summed E-state index contributed by atoms with van der Waals surface area (Å²) in [4.78, 5) is 41.0. The van der Waals surface area contributed by atoms with E-state index in [-0.39, 0.29) is 0 Å². The number of rotatable bonds is 5. The van der Waals surface area contributed by atoms with Crippen LogP contribution in [0.2, 0.25) is 0 Å². The first kappa shape index (κ1) is 40.5. The summed E-state index contributed by atoms with van der Waals surface area (Å²) < 4.78 is 101. The Kier molecular flexibility index (Phi) is 15.3. The summed E-state index contributed by atoms with van der Waals surface area (Å²) in [6, 6.07) is 6.73. The molecule has 260 valence electrons. The van der Waals surface area contributed by atoms with Crippen LogP contribution in [0.1, 0.15) is 22.8 Å². The number of ether oxygens (including phenoxy) is 1. The van der Waals surface area contributed by atoms with Gasteiger partial charge in [-0.2, -0.15) is 39.5 Å². The maximum Gasteiger partial charge on any atom is 0.490 e. The van der Waals surface area contributed by atoms with Crippen LogP contribution >= 0.6 is 11.3 Å². The Morgan fingerprint density at radius 2 is 1.41 bits per heavy atom. The molecule has 46 heavy (non-hydrogen) atoms. The predicted octanol–water partition coefficient (Wildman–Crippen LogP) is 4.47. The molecule has 3 atom stereocenters. The number of carboxylic acid groups (broad SMARTS) is 3. The lowest BCUT2D eigenvalue weighted by molar-refractivity contribution is -0.193. The molecular weight excluding hydrogens is 671 g/mol. The zero-order valence-corrected chi connectivity index (χ0v) is 24.8. The van der Waals surface area contributed by atoms with Crippen LogP contribution in [0.25, 0.3) is 0 Å². The number of alkyl halides is 9. The number of methoxy groups -OCH3 is 1. The minimum absolute atomic E-state index is 0.368. The van der Waals surface area contributed by atoms with E-state index in [9.17, 15) is 39.5 Å². The lowest BCUT2D eigenvalue weighted by Gasteiger charge is -2.41. The molecule has 4 heterocycles. The highest BCUT2D eigenvalue weighted by Crippen LogP contribution is 2.34. The molecule has 0 aliphatic carbocycles. The average Bonchev–Trinajstić information content (AvgIpc) is 3.55. The van der Waals surface area contributed by atoms with Crippen LogP contribution in [0.4, 0.5) is 39.5 Å². The molecule has 4 rings (SSSR count). The van der Waals surface area contributed by atoms with Crippen molar-refractivity contribution in [1.82, 2.24) is 19.8 Å². The van der Waals surface area contributed by atoms with Crippen LogP contribution in [-0.4, -0.2) is 110 Å². The molecule has 0 radical (unpaired) electrons. The molecule has 11 nitrogen and oxygen atoms in total. The molecule has 2 aliphatic heterocycles. The van der Waals surface area contributed by atoms with E-state index in [0.717, 1.165) is 49.8 Å². The average molecular weight is 701 g/mol. The molecule has 2 aliphatic rings. The molecule has 0 aromatic carbocycles. The highest BCUT2D eigenvalue weighted by molar-refractivity contribution is 7.09. The predicted molar refractivity (Wildman–Crippen MR) is 141 cm³/mol. The second-order valence-electron chi connectivity index (χ2n) is 9.55.